The Morgan fingerprint density at radius 2 is 1.88 bits per heavy atom. The molecule has 0 aliphatic carbocycles. The molecule has 0 radical (unpaired) electrons. The van der Waals surface area contributed by atoms with E-state index in [1.807, 2.05) is 6.07 Å². The van der Waals surface area contributed by atoms with E-state index in [4.69, 9.17) is 9.26 Å². The van der Waals surface area contributed by atoms with Crippen molar-refractivity contribution >= 4 is 12.0 Å². The van der Waals surface area contributed by atoms with Crippen LogP contribution in [0.2, 0.25) is 0 Å². The molecule has 1 fully saturated rings. The largest absolute Gasteiger partial charge is 0.473 e. The average molecular weight is 348 g/mol. The molecular formula is C16H20N4O5+2. The van der Waals surface area contributed by atoms with Crippen LogP contribution in [0.15, 0.2) is 41.1 Å². The lowest BCUT2D eigenvalue weighted by Gasteiger charge is -2.25. The number of benzene rings is 1. The Hall–Kier alpha value is -3.10. The highest BCUT2D eigenvalue weighted by Gasteiger charge is 2.40. The molecule has 1 aliphatic rings. The van der Waals surface area contributed by atoms with Crippen LogP contribution in [0.4, 0.5) is 4.79 Å². The predicted octanol–water partition coefficient (Wildman–Crippen LogP) is -0.341. The minimum atomic E-state index is -0.409. The summed E-state index contributed by atoms with van der Waals surface area (Å²) in [6.45, 7) is 3.90. The summed E-state index contributed by atoms with van der Waals surface area (Å²) in [7, 11) is 0. The van der Waals surface area contributed by atoms with Crippen molar-refractivity contribution in [1.29, 1.82) is 0 Å². The van der Waals surface area contributed by atoms with Crippen LogP contribution in [0, 0.1) is 0 Å². The molecule has 9 heteroatoms. The van der Waals surface area contributed by atoms with Gasteiger partial charge < -0.3 is 9.84 Å². The molecule has 0 atom stereocenters. The molecule has 1 aromatic carbocycles. The normalized spacial score (nSPS) is 14.4. The van der Waals surface area contributed by atoms with Crippen molar-refractivity contribution in [3.63, 3.8) is 0 Å². The molecule has 2 heterocycles. The Morgan fingerprint density at radius 3 is 2.52 bits per heavy atom. The number of rotatable bonds is 3. The Balaban J connectivity index is 1.76. The maximum absolute atomic E-state index is 12.6. The van der Waals surface area contributed by atoms with Gasteiger partial charge in [-0.2, -0.15) is 4.52 Å². The Kier molecular flexibility index (Phi) is 4.82. The molecule has 0 spiro atoms. The number of carbonyl (C=O) groups is 2. The molecule has 0 unspecified atom stereocenters. The summed E-state index contributed by atoms with van der Waals surface area (Å²) in [5.74, 6) is -0.786. The van der Waals surface area contributed by atoms with E-state index in [1.54, 1.807) is 41.1 Å². The number of piperazine rings is 1. The number of ether oxygens (including phenoxy) is 1. The maximum atomic E-state index is 12.6. The van der Waals surface area contributed by atoms with Gasteiger partial charge in [-0.15, -0.1) is 0 Å². The molecule has 0 saturated carbocycles. The predicted molar refractivity (Wildman–Crippen MR) is 83.5 cm³/mol. The third kappa shape index (κ3) is 3.54. The SMILES string of the molecule is CCOC(=O)N1CCN([n+]2cc(O)o[n+]2C(=O)c2ccccc2)CC1. The monoisotopic (exact) mass is 348 g/mol. The fraction of sp³-hybridized carbons (Fsp3) is 0.375. The minimum absolute atomic E-state index is 0.328. The van der Waals surface area contributed by atoms with Gasteiger partial charge >= 0.3 is 24.1 Å². The minimum Gasteiger partial charge on any atom is -0.473 e. The van der Waals surface area contributed by atoms with Gasteiger partial charge in [0.05, 0.1) is 25.3 Å². The highest BCUT2D eigenvalue weighted by Crippen LogP contribution is 2.04. The molecule has 0 bridgehead atoms. The molecule has 1 N–H and O–H groups in total. The van der Waals surface area contributed by atoms with E-state index in [0.717, 1.165) is 4.85 Å². The second-order valence-corrected chi connectivity index (χ2v) is 5.46. The van der Waals surface area contributed by atoms with E-state index in [-0.39, 0.29) is 12.0 Å². The molecule has 2 aromatic rings. The van der Waals surface area contributed by atoms with Crippen LogP contribution >= 0.6 is 0 Å². The highest BCUT2D eigenvalue weighted by atomic mass is 16.6. The lowest BCUT2D eigenvalue weighted by Crippen LogP contribution is -2.80. The van der Waals surface area contributed by atoms with Gasteiger partial charge in [0.25, 0.3) is 0 Å². The first-order valence-corrected chi connectivity index (χ1v) is 8.04. The van der Waals surface area contributed by atoms with E-state index in [2.05, 4.69) is 0 Å². The van der Waals surface area contributed by atoms with Crippen LogP contribution in [0.3, 0.4) is 0 Å². The lowest BCUT2D eigenvalue weighted by atomic mass is 10.2. The van der Waals surface area contributed by atoms with Gasteiger partial charge in [0.1, 0.15) is 0 Å². The molecule has 25 heavy (non-hydrogen) atoms. The first-order chi connectivity index (χ1) is 12.1. The molecular weight excluding hydrogens is 328 g/mol. The molecule has 1 aromatic heterocycles. The second kappa shape index (κ2) is 7.20. The van der Waals surface area contributed by atoms with Crippen LogP contribution < -0.4 is 14.7 Å². The summed E-state index contributed by atoms with van der Waals surface area (Å²) in [5.41, 5.74) is 0.431. The van der Waals surface area contributed by atoms with Crippen LogP contribution in [0.1, 0.15) is 17.3 Å². The third-order valence-electron chi connectivity index (χ3n) is 3.86. The summed E-state index contributed by atoms with van der Waals surface area (Å²) < 4.78 is 10.1. The van der Waals surface area contributed by atoms with Gasteiger partial charge in [-0.3, -0.25) is 4.90 Å². The van der Waals surface area contributed by atoms with Crippen LogP contribution in [-0.4, -0.2) is 54.8 Å². The summed E-state index contributed by atoms with van der Waals surface area (Å²) in [4.78, 5) is 28.4. The van der Waals surface area contributed by atoms with Gasteiger partial charge in [-0.25, -0.2) is 9.59 Å². The average Bonchev–Trinajstić information content (AvgIpc) is 3.04. The smallest absolute Gasteiger partial charge is 0.448 e. The van der Waals surface area contributed by atoms with Crippen molar-refractivity contribution in [3.05, 3.63) is 42.1 Å². The fourth-order valence-corrected chi connectivity index (χ4v) is 2.63. The van der Waals surface area contributed by atoms with Gasteiger partial charge in [0.15, 0.2) is 17.9 Å². The van der Waals surface area contributed by atoms with Crippen LogP contribution in [-0.2, 0) is 4.74 Å². The van der Waals surface area contributed by atoms with Crippen LogP contribution in [0.5, 0.6) is 5.95 Å². The van der Waals surface area contributed by atoms with Crippen molar-refractivity contribution in [1.82, 2.24) is 4.90 Å². The van der Waals surface area contributed by atoms with Crippen molar-refractivity contribution in [2.24, 2.45) is 0 Å². The number of nitrogens with zero attached hydrogens (tertiary/aromatic N) is 4. The molecule has 1 aliphatic heterocycles. The molecule has 132 valence electrons. The molecule has 3 rings (SSSR count). The Morgan fingerprint density at radius 1 is 1.20 bits per heavy atom. The fourth-order valence-electron chi connectivity index (χ4n) is 2.63. The van der Waals surface area contributed by atoms with Gasteiger partial charge in [-0.1, -0.05) is 18.2 Å². The Bertz CT molecular complexity index is 753. The molecule has 1 amide bonds. The van der Waals surface area contributed by atoms with E-state index in [0.29, 0.717) is 38.3 Å². The number of amides is 1. The number of aromatic nitrogens is 2. The highest BCUT2D eigenvalue weighted by molar-refractivity contribution is 5.86. The standard InChI is InChI=1S/C16H19N4O5/c1-2-24-16(23)17-8-10-18(11-9-17)19-12-14(21)25-20(19)15(22)13-6-4-3-5-7-13/h3-7,12H,2,8-11H2,1H3/q+1/p+1. The number of hydrogen-bond donors (Lipinski definition) is 1. The topological polar surface area (TPSA) is 91.0 Å². The van der Waals surface area contributed by atoms with Gasteiger partial charge in [0, 0.05) is 0 Å². The first-order valence-electron chi connectivity index (χ1n) is 8.04. The van der Waals surface area contributed by atoms with E-state index < -0.39 is 5.91 Å². The number of carbonyl (C=O) groups excluding carboxylic acids is 2. The molecule has 9 nitrogen and oxygen atoms in total. The second-order valence-electron chi connectivity index (χ2n) is 5.46. The number of aromatic hydroxyl groups is 1. The van der Waals surface area contributed by atoms with E-state index in [9.17, 15) is 14.7 Å². The van der Waals surface area contributed by atoms with E-state index in [1.165, 1.54) is 11.0 Å². The zero-order valence-electron chi connectivity index (χ0n) is 13.9. The zero-order valence-corrected chi connectivity index (χ0v) is 13.9. The molecule has 1 saturated heterocycles. The quantitative estimate of drug-likeness (QED) is 0.763. The third-order valence-corrected chi connectivity index (χ3v) is 3.86. The zero-order chi connectivity index (χ0) is 17.8. The van der Waals surface area contributed by atoms with Crippen molar-refractivity contribution in [2.75, 3.05) is 37.8 Å². The number of hydrogen-bond acceptors (Lipinski definition) is 6. The van der Waals surface area contributed by atoms with Gasteiger partial charge in [-0.05, 0) is 24.1 Å². The Labute approximate surface area is 144 Å². The van der Waals surface area contributed by atoms with Crippen LogP contribution in [0.25, 0.3) is 0 Å². The summed E-state index contributed by atoms with van der Waals surface area (Å²) >= 11 is 0. The maximum Gasteiger partial charge on any atom is 0.448 e. The summed E-state index contributed by atoms with van der Waals surface area (Å²) in [5, 5.41) is 11.5. The van der Waals surface area contributed by atoms with Crippen molar-refractivity contribution in [2.45, 2.75) is 6.92 Å². The summed E-state index contributed by atoms with van der Waals surface area (Å²) in [6, 6.07) is 8.64. The van der Waals surface area contributed by atoms with E-state index >= 15 is 0 Å². The first kappa shape index (κ1) is 16.7. The van der Waals surface area contributed by atoms with Crippen molar-refractivity contribution in [3.8, 4) is 5.95 Å². The summed E-state index contributed by atoms with van der Waals surface area (Å²) in [6.07, 6.45) is 0.969. The van der Waals surface area contributed by atoms with Gasteiger partial charge in [0.2, 0.25) is 4.85 Å². The lowest BCUT2D eigenvalue weighted by molar-refractivity contribution is -1.26. The van der Waals surface area contributed by atoms with Crippen molar-refractivity contribution < 1.29 is 33.6 Å².